The average Bonchev–Trinajstić information content (AvgIpc) is 2.65. The molecule has 0 bridgehead atoms. The summed E-state index contributed by atoms with van der Waals surface area (Å²) in [5.74, 6) is -1.72. The Balaban J connectivity index is 3.48. The van der Waals surface area contributed by atoms with Crippen LogP contribution < -0.4 is 0 Å². The van der Waals surface area contributed by atoms with Crippen molar-refractivity contribution in [2.24, 2.45) is 0 Å². The van der Waals surface area contributed by atoms with Crippen LogP contribution in [0.25, 0.3) is 0 Å². The largest absolute Gasteiger partial charge is 0.463 e. The van der Waals surface area contributed by atoms with Crippen LogP contribution in [-0.4, -0.2) is 71.6 Å². The molecule has 0 heterocycles. The van der Waals surface area contributed by atoms with Crippen molar-refractivity contribution in [2.75, 3.05) is 39.6 Å². The van der Waals surface area contributed by atoms with Gasteiger partial charge < -0.3 is 28.4 Å². The summed E-state index contributed by atoms with van der Waals surface area (Å²) < 4.78 is 28.8. The number of ether oxygens (including phenoxy) is 6. The number of hydrogen-bond acceptors (Lipinski definition) is 11. The van der Waals surface area contributed by atoms with E-state index < -0.39 is 28.2 Å². The van der Waals surface area contributed by atoms with Crippen LogP contribution in [0.5, 0.6) is 0 Å². The predicted octanol–water partition coefficient (Wildman–Crippen LogP) is 2.09. The van der Waals surface area contributed by atoms with Gasteiger partial charge in [-0.3, -0.25) is 19.2 Å². The lowest BCUT2D eigenvalue weighted by Gasteiger charge is -2.12. The molecule has 0 aliphatic carbocycles. The first-order chi connectivity index (χ1) is 14.2. The highest BCUT2D eigenvalue weighted by Gasteiger charge is 2.14. The molecular formula is C17H24I2O11. The van der Waals surface area contributed by atoms with Crippen LogP contribution in [0.3, 0.4) is 0 Å². The van der Waals surface area contributed by atoms with Gasteiger partial charge in [0.25, 0.3) is 0 Å². The molecule has 11 nitrogen and oxygen atoms in total. The Morgan fingerprint density at radius 3 is 1.53 bits per heavy atom. The molecule has 0 aromatic rings. The Morgan fingerprint density at radius 2 is 1.07 bits per heavy atom. The first kappa shape index (κ1) is 28.9. The summed E-state index contributed by atoms with van der Waals surface area (Å²) in [5.41, 5.74) is 0. The van der Waals surface area contributed by atoms with Crippen molar-refractivity contribution in [1.82, 2.24) is 0 Å². The molecule has 1 unspecified atom stereocenters. The third-order valence-corrected chi connectivity index (χ3v) is 3.76. The molecule has 0 aromatic heterocycles. The lowest BCUT2D eigenvalue weighted by Crippen LogP contribution is -2.20. The highest BCUT2D eigenvalue weighted by Crippen LogP contribution is 2.04. The van der Waals surface area contributed by atoms with E-state index in [1.807, 2.05) is 0 Å². The van der Waals surface area contributed by atoms with E-state index in [2.05, 4.69) is 4.74 Å². The Morgan fingerprint density at radius 1 is 0.633 bits per heavy atom. The number of esters is 3. The number of rotatable bonds is 17. The van der Waals surface area contributed by atoms with Gasteiger partial charge in [0.15, 0.2) is 3.79 Å². The molecule has 172 valence electrons. The second kappa shape index (κ2) is 18.7. The van der Waals surface area contributed by atoms with E-state index in [1.54, 1.807) is 22.6 Å². The van der Waals surface area contributed by atoms with Crippen molar-refractivity contribution in [3.8, 4) is 0 Å². The van der Waals surface area contributed by atoms with Crippen LogP contribution in [0.1, 0.15) is 32.6 Å². The van der Waals surface area contributed by atoms with Crippen molar-refractivity contribution in [1.29, 1.82) is 0 Å². The first-order valence-electron chi connectivity index (χ1n) is 8.91. The maximum atomic E-state index is 11.5. The van der Waals surface area contributed by atoms with E-state index >= 15 is 0 Å². The SMILES string of the molecule is CC(OC(=O)I)OC(=O)CCC(=O)OCCOCCOCCOC(=O)CCC(=O)I. The lowest BCUT2D eigenvalue weighted by molar-refractivity contribution is -0.165. The molecule has 13 heteroatoms. The lowest BCUT2D eigenvalue weighted by atomic mass is 10.3. The van der Waals surface area contributed by atoms with E-state index in [4.69, 9.17) is 23.7 Å². The zero-order valence-electron chi connectivity index (χ0n) is 16.4. The van der Waals surface area contributed by atoms with Crippen LogP contribution in [0.2, 0.25) is 0 Å². The molecule has 0 saturated carbocycles. The van der Waals surface area contributed by atoms with Crippen LogP contribution in [0.4, 0.5) is 4.79 Å². The summed E-state index contributed by atoms with van der Waals surface area (Å²) in [7, 11) is 0. The monoisotopic (exact) mass is 658 g/mol. The normalized spacial score (nSPS) is 11.3. The second-order valence-electron chi connectivity index (χ2n) is 5.43. The summed E-state index contributed by atoms with van der Waals surface area (Å²) in [5, 5.41) is 0. The second-order valence-corrected chi connectivity index (χ2v) is 7.52. The molecule has 0 N–H and O–H groups in total. The summed E-state index contributed by atoms with van der Waals surface area (Å²) in [6.07, 6.45) is -1.19. The van der Waals surface area contributed by atoms with E-state index in [9.17, 15) is 24.0 Å². The molecule has 30 heavy (non-hydrogen) atoms. The summed E-state index contributed by atoms with van der Waals surface area (Å²) in [4.78, 5) is 55.6. The van der Waals surface area contributed by atoms with Gasteiger partial charge in [0.1, 0.15) is 13.2 Å². The van der Waals surface area contributed by atoms with E-state index in [0.717, 1.165) is 0 Å². The predicted molar refractivity (Wildman–Crippen MR) is 117 cm³/mol. The molecule has 0 saturated heterocycles. The molecule has 0 rings (SSSR count). The van der Waals surface area contributed by atoms with Crippen LogP contribution in [0.15, 0.2) is 0 Å². The molecular weight excluding hydrogens is 634 g/mol. The fourth-order valence-electron chi connectivity index (χ4n) is 1.70. The third kappa shape index (κ3) is 20.2. The molecule has 0 aliphatic heterocycles. The van der Waals surface area contributed by atoms with Crippen LogP contribution in [-0.2, 0) is 47.6 Å². The van der Waals surface area contributed by atoms with E-state index in [-0.39, 0.29) is 69.1 Å². The molecule has 0 radical (unpaired) electrons. The molecule has 0 aliphatic rings. The van der Waals surface area contributed by atoms with Gasteiger partial charge in [0, 0.05) is 13.3 Å². The molecule has 1 atom stereocenters. The summed E-state index contributed by atoms with van der Waals surface area (Å²) in [6.45, 7) is 2.38. The summed E-state index contributed by atoms with van der Waals surface area (Å²) >= 11 is 3.02. The fourth-order valence-corrected chi connectivity index (χ4v) is 2.33. The Bertz CT molecular complexity index is 568. The van der Waals surface area contributed by atoms with Crippen molar-refractivity contribution in [3.05, 3.63) is 0 Å². The number of carbonyl (C=O) groups excluding carboxylic acids is 5. The zero-order chi connectivity index (χ0) is 22.8. The van der Waals surface area contributed by atoms with Crippen molar-refractivity contribution < 1.29 is 52.4 Å². The van der Waals surface area contributed by atoms with Crippen LogP contribution >= 0.6 is 45.2 Å². The summed E-state index contributed by atoms with van der Waals surface area (Å²) in [6, 6.07) is 0. The van der Waals surface area contributed by atoms with Gasteiger partial charge in [-0.25, -0.2) is 4.79 Å². The maximum Gasteiger partial charge on any atom is 0.370 e. The molecule has 0 aromatic carbocycles. The minimum absolute atomic E-state index is 0.0177. The van der Waals surface area contributed by atoms with Gasteiger partial charge in [0.05, 0.1) is 68.3 Å². The van der Waals surface area contributed by atoms with Crippen molar-refractivity contribution in [3.63, 3.8) is 0 Å². The van der Waals surface area contributed by atoms with Gasteiger partial charge >= 0.3 is 21.9 Å². The Labute approximate surface area is 201 Å². The quantitative estimate of drug-likeness (QED) is 0.0567. The van der Waals surface area contributed by atoms with Gasteiger partial charge in [-0.15, -0.1) is 0 Å². The number of halogens is 2. The van der Waals surface area contributed by atoms with Crippen LogP contribution in [0, 0.1) is 0 Å². The topological polar surface area (TPSA) is 141 Å². The Hall–Kier alpha value is -1.07. The van der Waals surface area contributed by atoms with Gasteiger partial charge in [-0.2, -0.15) is 0 Å². The highest BCUT2D eigenvalue weighted by atomic mass is 127. The third-order valence-electron chi connectivity index (χ3n) is 2.97. The standard InChI is InChI=1S/C17H24I2O11/c1-12(30-17(19)24)29-16(23)5-4-15(22)28-11-9-26-7-6-25-8-10-27-14(21)3-2-13(18)20/h12H,2-11H2,1H3. The minimum Gasteiger partial charge on any atom is -0.463 e. The molecule has 0 spiro atoms. The minimum atomic E-state index is -1.02. The van der Waals surface area contributed by atoms with E-state index in [1.165, 1.54) is 29.5 Å². The van der Waals surface area contributed by atoms with Gasteiger partial charge in [-0.05, 0) is 22.6 Å². The first-order valence-corrected chi connectivity index (χ1v) is 11.1. The number of hydrogen-bond donors (Lipinski definition) is 0. The van der Waals surface area contributed by atoms with Gasteiger partial charge in [-0.1, -0.05) is 0 Å². The average molecular weight is 658 g/mol. The van der Waals surface area contributed by atoms with Crippen molar-refractivity contribution >= 4 is 70.9 Å². The van der Waals surface area contributed by atoms with Crippen molar-refractivity contribution in [2.45, 2.75) is 38.9 Å². The smallest absolute Gasteiger partial charge is 0.370 e. The maximum absolute atomic E-state index is 11.5. The molecule has 0 amide bonds. The number of carbonyl (C=O) groups is 5. The molecule has 0 fully saturated rings. The van der Waals surface area contributed by atoms with Gasteiger partial charge in [0.2, 0.25) is 6.29 Å². The Kier molecular flexibility index (Phi) is 18.0. The fraction of sp³-hybridized carbons (Fsp3) is 0.706. The zero-order valence-corrected chi connectivity index (χ0v) is 20.7. The van der Waals surface area contributed by atoms with E-state index in [0.29, 0.717) is 0 Å². The highest BCUT2D eigenvalue weighted by molar-refractivity contribution is 14.1.